The van der Waals surface area contributed by atoms with Crippen LogP contribution in [0.5, 0.6) is 5.75 Å². The fourth-order valence-electron chi connectivity index (χ4n) is 1.55. The molecule has 1 aromatic carbocycles. The van der Waals surface area contributed by atoms with E-state index in [1.807, 2.05) is 14.0 Å². The molecule has 0 saturated carbocycles. The van der Waals surface area contributed by atoms with Crippen LogP contribution in [0.2, 0.25) is 0 Å². The first-order valence-corrected chi connectivity index (χ1v) is 6.96. The minimum absolute atomic E-state index is 0.358. The molecule has 0 amide bonds. The SMILES string of the molecule is CCCOc1ccc(C(=O)OCCN(C)CC)cc1N. The van der Waals surface area contributed by atoms with Crippen molar-refractivity contribution in [1.29, 1.82) is 0 Å². The van der Waals surface area contributed by atoms with Crippen LogP contribution in [0.3, 0.4) is 0 Å². The molecule has 0 atom stereocenters. The highest BCUT2D eigenvalue weighted by Crippen LogP contribution is 2.23. The Morgan fingerprint density at radius 2 is 2.05 bits per heavy atom. The summed E-state index contributed by atoms with van der Waals surface area (Å²) in [5, 5.41) is 0. The molecule has 0 radical (unpaired) electrons. The van der Waals surface area contributed by atoms with Gasteiger partial charge in [0.05, 0.1) is 17.9 Å². The van der Waals surface area contributed by atoms with Crippen LogP contribution in [0, 0.1) is 0 Å². The lowest BCUT2D eigenvalue weighted by Gasteiger charge is -2.14. The maximum atomic E-state index is 11.9. The fourth-order valence-corrected chi connectivity index (χ4v) is 1.55. The molecule has 0 aliphatic carbocycles. The Labute approximate surface area is 120 Å². The Kier molecular flexibility index (Phi) is 6.87. The van der Waals surface area contributed by atoms with E-state index in [9.17, 15) is 4.79 Å². The highest BCUT2D eigenvalue weighted by molar-refractivity contribution is 5.91. The van der Waals surface area contributed by atoms with E-state index in [4.69, 9.17) is 15.2 Å². The lowest BCUT2D eigenvalue weighted by Crippen LogP contribution is -2.24. The van der Waals surface area contributed by atoms with Gasteiger partial charge in [-0.05, 0) is 38.2 Å². The van der Waals surface area contributed by atoms with Gasteiger partial charge in [-0.3, -0.25) is 0 Å². The maximum Gasteiger partial charge on any atom is 0.338 e. The molecule has 0 unspecified atom stereocenters. The standard InChI is InChI=1S/C15H24N2O3/c1-4-9-19-14-7-6-12(11-13(14)16)15(18)20-10-8-17(3)5-2/h6-7,11H,4-5,8-10,16H2,1-3H3. The smallest absolute Gasteiger partial charge is 0.338 e. The van der Waals surface area contributed by atoms with Gasteiger partial charge in [-0.1, -0.05) is 13.8 Å². The van der Waals surface area contributed by atoms with Gasteiger partial charge in [0.25, 0.3) is 0 Å². The van der Waals surface area contributed by atoms with Crippen LogP contribution < -0.4 is 10.5 Å². The molecule has 20 heavy (non-hydrogen) atoms. The van der Waals surface area contributed by atoms with E-state index in [1.165, 1.54) is 0 Å². The van der Waals surface area contributed by atoms with Crippen molar-refractivity contribution in [3.63, 3.8) is 0 Å². The lowest BCUT2D eigenvalue weighted by molar-refractivity contribution is 0.0475. The van der Waals surface area contributed by atoms with Crippen molar-refractivity contribution >= 4 is 11.7 Å². The van der Waals surface area contributed by atoms with Crippen molar-refractivity contribution in [3.05, 3.63) is 23.8 Å². The number of nitrogens with zero attached hydrogens (tertiary/aromatic N) is 1. The molecule has 0 aliphatic rings. The van der Waals surface area contributed by atoms with Crippen molar-refractivity contribution in [2.45, 2.75) is 20.3 Å². The number of nitrogen functional groups attached to an aromatic ring is 1. The average molecular weight is 280 g/mol. The first kappa shape index (κ1) is 16.3. The molecule has 2 N–H and O–H groups in total. The van der Waals surface area contributed by atoms with E-state index in [0.717, 1.165) is 19.5 Å². The van der Waals surface area contributed by atoms with Crippen LogP contribution in [0.25, 0.3) is 0 Å². The van der Waals surface area contributed by atoms with E-state index >= 15 is 0 Å². The van der Waals surface area contributed by atoms with E-state index in [1.54, 1.807) is 18.2 Å². The number of carbonyl (C=O) groups is 1. The third kappa shape index (κ3) is 5.09. The minimum atomic E-state index is -0.358. The van der Waals surface area contributed by atoms with Gasteiger partial charge >= 0.3 is 5.97 Å². The van der Waals surface area contributed by atoms with Gasteiger partial charge in [-0.2, -0.15) is 0 Å². The van der Waals surface area contributed by atoms with Crippen LogP contribution in [-0.2, 0) is 4.74 Å². The van der Waals surface area contributed by atoms with Gasteiger partial charge in [0.1, 0.15) is 12.4 Å². The van der Waals surface area contributed by atoms with Gasteiger partial charge in [-0.25, -0.2) is 4.79 Å². The average Bonchev–Trinajstić information content (AvgIpc) is 2.45. The van der Waals surface area contributed by atoms with E-state index in [0.29, 0.717) is 30.2 Å². The Bertz CT molecular complexity index is 435. The number of rotatable bonds is 8. The monoisotopic (exact) mass is 280 g/mol. The van der Waals surface area contributed by atoms with Gasteiger partial charge in [0.15, 0.2) is 0 Å². The molecule has 1 rings (SSSR count). The molecule has 0 aliphatic heterocycles. The van der Waals surface area contributed by atoms with Crippen molar-refractivity contribution in [2.75, 3.05) is 39.1 Å². The summed E-state index contributed by atoms with van der Waals surface area (Å²) in [4.78, 5) is 13.9. The molecule has 0 heterocycles. The number of likely N-dealkylation sites (N-methyl/N-ethyl adjacent to an activating group) is 1. The summed E-state index contributed by atoms with van der Waals surface area (Å²) in [6.45, 7) is 6.70. The predicted molar refractivity (Wildman–Crippen MR) is 80.1 cm³/mol. The number of hydrogen-bond acceptors (Lipinski definition) is 5. The van der Waals surface area contributed by atoms with Crippen LogP contribution in [0.15, 0.2) is 18.2 Å². The Morgan fingerprint density at radius 1 is 1.30 bits per heavy atom. The molecular formula is C15H24N2O3. The van der Waals surface area contributed by atoms with Crippen LogP contribution in [-0.4, -0.2) is 44.2 Å². The Hall–Kier alpha value is -1.75. The summed E-state index contributed by atoms with van der Waals surface area (Å²) in [6, 6.07) is 4.98. The summed E-state index contributed by atoms with van der Waals surface area (Å²) in [7, 11) is 1.98. The van der Waals surface area contributed by atoms with Crippen molar-refractivity contribution in [1.82, 2.24) is 4.90 Å². The summed E-state index contributed by atoms with van der Waals surface area (Å²) >= 11 is 0. The zero-order valence-electron chi connectivity index (χ0n) is 12.5. The number of carbonyl (C=O) groups excluding carboxylic acids is 1. The predicted octanol–water partition coefficient (Wildman–Crippen LogP) is 2.17. The second-order valence-electron chi connectivity index (χ2n) is 4.63. The first-order valence-electron chi connectivity index (χ1n) is 6.96. The molecule has 112 valence electrons. The normalized spacial score (nSPS) is 10.6. The maximum absolute atomic E-state index is 11.9. The number of hydrogen-bond donors (Lipinski definition) is 1. The zero-order valence-corrected chi connectivity index (χ0v) is 12.5. The van der Waals surface area contributed by atoms with Gasteiger partial charge < -0.3 is 20.1 Å². The first-order chi connectivity index (χ1) is 9.58. The Morgan fingerprint density at radius 3 is 2.65 bits per heavy atom. The zero-order chi connectivity index (χ0) is 15.0. The molecule has 5 nitrogen and oxygen atoms in total. The topological polar surface area (TPSA) is 64.8 Å². The summed E-state index contributed by atoms with van der Waals surface area (Å²) in [6.07, 6.45) is 0.911. The second kappa shape index (κ2) is 8.43. The quantitative estimate of drug-likeness (QED) is 0.584. The van der Waals surface area contributed by atoms with Gasteiger partial charge in [-0.15, -0.1) is 0 Å². The molecule has 1 aromatic rings. The molecule has 0 aromatic heterocycles. The summed E-state index contributed by atoms with van der Waals surface area (Å²) in [5.74, 6) is 0.248. The van der Waals surface area contributed by atoms with Crippen LogP contribution in [0.4, 0.5) is 5.69 Å². The van der Waals surface area contributed by atoms with Crippen LogP contribution >= 0.6 is 0 Å². The molecule has 5 heteroatoms. The fraction of sp³-hybridized carbons (Fsp3) is 0.533. The third-order valence-electron chi connectivity index (χ3n) is 2.95. The van der Waals surface area contributed by atoms with Crippen molar-refractivity contribution in [2.24, 2.45) is 0 Å². The summed E-state index contributed by atoms with van der Waals surface area (Å²) in [5.41, 5.74) is 6.76. The molecule has 0 bridgehead atoms. The van der Waals surface area contributed by atoms with Crippen LogP contribution in [0.1, 0.15) is 30.6 Å². The number of ether oxygens (including phenoxy) is 2. The van der Waals surface area contributed by atoms with Gasteiger partial charge in [0, 0.05) is 6.54 Å². The second-order valence-corrected chi connectivity index (χ2v) is 4.63. The number of esters is 1. The van der Waals surface area contributed by atoms with E-state index < -0.39 is 0 Å². The summed E-state index contributed by atoms with van der Waals surface area (Å²) < 4.78 is 10.7. The van der Waals surface area contributed by atoms with E-state index in [2.05, 4.69) is 11.8 Å². The minimum Gasteiger partial charge on any atom is -0.491 e. The van der Waals surface area contributed by atoms with Crippen molar-refractivity contribution < 1.29 is 14.3 Å². The molecule has 0 saturated heterocycles. The van der Waals surface area contributed by atoms with Crippen molar-refractivity contribution in [3.8, 4) is 5.75 Å². The number of nitrogens with two attached hydrogens (primary N) is 1. The third-order valence-corrected chi connectivity index (χ3v) is 2.95. The molecular weight excluding hydrogens is 256 g/mol. The van der Waals surface area contributed by atoms with E-state index in [-0.39, 0.29) is 5.97 Å². The molecule has 0 fully saturated rings. The Balaban J connectivity index is 2.54. The highest BCUT2D eigenvalue weighted by Gasteiger charge is 2.10. The number of benzene rings is 1. The lowest BCUT2D eigenvalue weighted by atomic mass is 10.2. The highest BCUT2D eigenvalue weighted by atomic mass is 16.5. The van der Waals surface area contributed by atoms with Gasteiger partial charge in [0.2, 0.25) is 0 Å². The number of anilines is 1. The largest absolute Gasteiger partial charge is 0.491 e. The molecule has 0 spiro atoms.